The largest absolute Gasteiger partial charge is 0.491 e. The van der Waals surface area contributed by atoms with Gasteiger partial charge in [-0.05, 0) is 45.4 Å². The molecule has 0 amide bonds. The lowest BCUT2D eigenvalue weighted by molar-refractivity contribution is -0.136. The summed E-state index contributed by atoms with van der Waals surface area (Å²) in [6.45, 7) is 5.63. The minimum atomic E-state index is -0.911. The lowest BCUT2D eigenvalue weighted by Gasteiger charge is -2.12. The lowest BCUT2D eigenvalue weighted by Crippen LogP contribution is -2.15. The molecular formula is C16H19NO4. The van der Waals surface area contributed by atoms with E-state index in [-0.39, 0.29) is 24.4 Å². The van der Waals surface area contributed by atoms with Crippen molar-refractivity contribution in [3.05, 3.63) is 39.7 Å². The molecule has 2 rings (SSSR count). The highest BCUT2D eigenvalue weighted by Crippen LogP contribution is 2.20. The van der Waals surface area contributed by atoms with E-state index in [1.165, 1.54) is 0 Å². The van der Waals surface area contributed by atoms with E-state index in [1.54, 1.807) is 13.0 Å². The Labute approximate surface area is 122 Å². The molecule has 0 unspecified atom stereocenters. The summed E-state index contributed by atoms with van der Waals surface area (Å²) in [5.74, 6) is -0.276. The Morgan fingerprint density at radius 1 is 1.38 bits per heavy atom. The van der Waals surface area contributed by atoms with Gasteiger partial charge in [0, 0.05) is 28.6 Å². The molecule has 112 valence electrons. The minimum absolute atomic E-state index is 0.0264. The van der Waals surface area contributed by atoms with Crippen molar-refractivity contribution in [2.75, 3.05) is 0 Å². The Morgan fingerprint density at radius 3 is 2.71 bits per heavy atom. The van der Waals surface area contributed by atoms with E-state index in [9.17, 15) is 9.59 Å². The average molecular weight is 289 g/mol. The number of carbonyl (C=O) groups is 1. The first-order chi connectivity index (χ1) is 9.88. The van der Waals surface area contributed by atoms with Crippen LogP contribution in [-0.4, -0.2) is 22.2 Å². The fourth-order valence-electron chi connectivity index (χ4n) is 2.31. The Hall–Kier alpha value is -2.30. The number of aliphatic carboxylic acids is 1. The monoisotopic (exact) mass is 289 g/mol. The number of fused-ring (bicyclic) bond motifs is 1. The summed E-state index contributed by atoms with van der Waals surface area (Å²) in [6, 6.07) is 5.33. The number of pyridine rings is 1. The number of hydrogen-bond acceptors (Lipinski definition) is 3. The number of H-pyrrole nitrogens is 1. The third-order valence-electron chi connectivity index (χ3n) is 3.25. The fourth-order valence-corrected chi connectivity index (χ4v) is 2.31. The number of ether oxygens (including phenoxy) is 1. The summed E-state index contributed by atoms with van der Waals surface area (Å²) in [5, 5.41) is 9.31. The van der Waals surface area contributed by atoms with Gasteiger partial charge in [-0.2, -0.15) is 0 Å². The second-order valence-electron chi connectivity index (χ2n) is 5.33. The number of aromatic nitrogens is 1. The van der Waals surface area contributed by atoms with Crippen LogP contribution in [-0.2, 0) is 11.2 Å². The Balaban J connectivity index is 2.51. The van der Waals surface area contributed by atoms with Crippen molar-refractivity contribution in [2.24, 2.45) is 0 Å². The van der Waals surface area contributed by atoms with Crippen LogP contribution in [0.5, 0.6) is 5.75 Å². The summed E-state index contributed by atoms with van der Waals surface area (Å²) < 4.78 is 5.60. The van der Waals surface area contributed by atoms with Gasteiger partial charge in [-0.3, -0.25) is 9.59 Å². The van der Waals surface area contributed by atoms with Gasteiger partial charge in [-0.15, -0.1) is 0 Å². The summed E-state index contributed by atoms with van der Waals surface area (Å²) in [4.78, 5) is 26.4. The maximum absolute atomic E-state index is 12.5. The molecule has 0 atom stereocenters. The summed E-state index contributed by atoms with van der Waals surface area (Å²) in [6.07, 6.45) is 0.192. The van der Waals surface area contributed by atoms with Gasteiger partial charge in [0.25, 0.3) is 0 Å². The van der Waals surface area contributed by atoms with Gasteiger partial charge < -0.3 is 14.8 Å². The molecule has 0 radical (unpaired) electrons. The molecule has 2 aromatic rings. The standard InChI is InChI=1S/C16H19NO4/c1-9(2)21-11-4-6-14-13(8-11)16(20)12(10(3)17-14)5-7-15(18)19/h4,6,8-9H,5,7H2,1-3H3,(H,17,20)(H,18,19). The molecule has 0 spiro atoms. The van der Waals surface area contributed by atoms with E-state index in [4.69, 9.17) is 9.84 Å². The Bertz CT molecular complexity index is 731. The van der Waals surface area contributed by atoms with Gasteiger partial charge in [0.05, 0.1) is 6.10 Å². The highest BCUT2D eigenvalue weighted by atomic mass is 16.5. The quantitative estimate of drug-likeness (QED) is 0.886. The predicted octanol–water partition coefficient (Wildman–Crippen LogP) is 2.64. The molecule has 0 fully saturated rings. The molecule has 21 heavy (non-hydrogen) atoms. The van der Waals surface area contributed by atoms with Gasteiger partial charge in [0.2, 0.25) is 0 Å². The van der Waals surface area contributed by atoms with Gasteiger partial charge in [0.15, 0.2) is 5.43 Å². The molecular weight excluding hydrogens is 270 g/mol. The number of nitrogens with one attached hydrogen (secondary N) is 1. The first kappa shape index (κ1) is 15.1. The normalized spacial score (nSPS) is 11.0. The zero-order valence-corrected chi connectivity index (χ0v) is 12.4. The number of aryl methyl sites for hydroxylation is 1. The molecule has 5 heteroatoms. The smallest absolute Gasteiger partial charge is 0.303 e. The van der Waals surface area contributed by atoms with E-state index in [0.29, 0.717) is 22.4 Å². The van der Waals surface area contributed by atoms with Gasteiger partial charge in [-0.25, -0.2) is 0 Å². The average Bonchev–Trinajstić information content (AvgIpc) is 2.38. The van der Waals surface area contributed by atoms with Crippen LogP contribution in [0, 0.1) is 6.92 Å². The third kappa shape index (κ3) is 3.42. The zero-order chi connectivity index (χ0) is 15.6. The van der Waals surface area contributed by atoms with E-state index in [2.05, 4.69) is 4.98 Å². The number of benzene rings is 1. The number of carboxylic acids is 1. The van der Waals surface area contributed by atoms with Crippen LogP contribution in [0.2, 0.25) is 0 Å². The number of rotatable bonds is 5. The minimum Gasteiger partial charge on any atom is -0.491 e. The van der Waals surface area contributed by atoms with E-state index < -0.39 is 5.97 Å². The molecule has 1 heterocycles. The van der Waals surface area contributed by atoms with Crippen molar-refractivity contribution in [2.45, 2.75) is 39.7 Å². The van der Waals surface area contributed by atoms with E-state index in [1.807, 2.05) is 26.0 Å². The molecule has 0 aliphatic heterocycles. The molecule has 2 N–H and O–H groups in total. The maximum atomic E-state index is 12.5. The highest BCUT2D eigenvalue weighted by Gasteiger charge is 2.12. The summed E-state index contributed by atoms with van der Waals surface area (Å²) >= 11 is 0. The van der Waals surface area contributed by atoms with Crippen molar-refractivity contribution in [1.29, 1.82) is 0 Å². The van der Waals surface area contributed by atoms with Crippen molar-refractivity contribution >= 4 is 16.9 Å². The maximum Gasteiger partial charge on any atom is 0.303 e. The molecule has 0 saturated carbocycles. The topological polar surface area (TPSA) is 79.4 Å². The molecule has 1 aromatic carbocycles. The second-order valence-corrected chi connectivity index (χ2v) is 5.33. The van der Waals surface area contributed by atoms with Gasteiger partial charge >= 0.3 is 5.97 Å². The SMILES string of the molecule is Cc1[nH]c2ccc(OC(C)C)cc2c(=O)c1CCC(=O)O. The number of carboxylic acid groups (broad SMARTS) is 1. The Morgan fingerprint density at radius 2 is 2.10 bits per heavy atom. The van der Waals surface area contributed by atoms with Crippen LogP contribution in [0.3, 0.4) is 0 Å². The second kappa shape index (κ2) is 5.99. The fraction of sp³-hybridized carbons (Fsp3) is 0.375. The van der Waals surface area contributed by atoms with Crippen LogP contribution in [0.25, 0.3) is 10.9 Å². The third-order valence-corrected chi connectivity index (χ3v) is 3.25. The van der Waals surface area contributed by atoms with Gasteiger partial charge in [0.1, 0.15) is 5.75 Å². The number of aromatic amines is 1. The van der Waals surface area contributed by atoms with Crippen LogP contribution in [0.4, 0.5) is 0 Å². The van der Waals surface area contributed by atoms with Crippen LogP contribution < -0.4 is 10.2 Å². The van der Waals surface area contributed by atoms with E-state index in [0.717, 1.165) is 5.52 Å². The molecule has 0 aliphatic carbocycles. The predicted molar refractivity (Wildman–Crippen MR) is 81.0 cm³/mol. The van der Waals surface area contributed by atoms with Crippen LogP contribution in [0.15, 0.2) is 23.0 Å². The Kier molecular flexibility index (Phi) is 4.31. The van der Waals surface area contributed by atoms with Gasteiger partial charge in [-0.1, -0.05) is 0 Å². The lowest BCUT2D eigenvalue weighted by atomic mass is 10.0. The number of hydrogen-bond donors (Lipinski definition) is 2. The first-order valence-corrected chi connectivity index (χ1v) is 6.92. The molecule has 1 aromatic heterocycles. The highest BCUT2D eigenvalue weighted by molar-refractivity contribution is 5.81. The van der Waals surface area contributed by atoms with Crippen LogP contribution >= 0.6 is 0 Å². The van der Waals surface area contributed by atoms with Crippen molar-refractivity contribution in [3.8, 4) is 5.75 Å². The molecule has 0 saturated heterocycles. The summed E-state index contributed by atoms with van der Waals surface area (Å²) in [7, 11) is 0. The van der Waals surface area contributed by atoms with Crippen molar-refractivity contribution in [3.63, 3.8) is 0 Å². The van der Waals surface area contributed by atoms with E-state index >= 15 is 0 Å². The molecule has 0 bridgehead atoms. The molecule has 0 aliphatic rings. The van der Waals surface area contributed by atoms with Crippen molar-refractivity contribution < 1.29 is 14.6 Å². The zero-order valence-electron chi connectivity index (χ0n) is 12.4. The molecule has 5 nitrogen and oxygen atoms in total. The van der Waals surface area contributed by atoms with Crippen molar-refractivity contribution in [1.82, 2.24) is 4.98 Å². The summed E-state index contributed by atoms with van der Waals surface area (Å²) in [5.41, 5.74) is 1.84. The van der Waals surface area contributed by atoms with Crippen LogP contribution in [0.1, 0.15) is 31.5 Å². The first-order valence-electron chi connectivity index (χ1n) is 6.92.